The number of nitrogens with zero attached hydrogens (tertiary/aromatic N) is 3. The lowest BCUT2D eigenvalue weighted by Gasteiger charge is -2.19. The number of hydrogen-bond acceptors (Lipinski definition) is 9. The molecule has 10 nitrogen and oxygen atoms in total. The molecule has 1 saturated carbocycles. The second-order valence-corrected chi connectivity index (χ2v) is 8.24. The van der Waals surface area contributed by atoms with E-state index in [0.717, 1.165) is 18.5 Å². The summed E-state index contributed by atoms with van der Waals surface area (Å²) in [7, 11) is 0. The molecule has 6 N–H and O–H groups in total. The third kappa shape index (κ3) is 6.32. The van der Waals surface area contributed by atoms with Crippen LogP contribution < -0.4 is 16.0 Å². The van der Waals surface area contributed by atoms with Gasteiger partial charge >= 0.3 is 0 Å². The molecule has 12 heteroatoms. The quantitative estimate of drug-likeness (QED) is 0.199. The van der Waals surface area contributed by atoms with E-state index in [2.05, 4.69) is 36.1 Å². The van der Waals surface area contributed by atoms with E-state index in [9.17, 15) is 9.50 Å². The summed E-state index contributed by atoms with van der Waals surface area (Å²) in [6, 6.07) is 7.17. The van der Waals surface area contributed by atoms with Gasteiger partial charge in [-0.3, -0.25) is 5.10 Å². The lowest BCUT2D eigenvalue weighted by atomic mass is 10.1. The van der Waals surface area contributed by atoms with E-state index in [1.54, 1.807) is 12.1 Å². The molecule has 3 aromatic rings. The molecule has 1 fully saturated rings. The number of aliphatic hydroxyl groups is 2. The number of rotatable bonds is 13. The largest absolute Gasteiger partial charge is 0.394 e. The average Bonchev–Trinajstić information content (AvgIpc) is 3.59. The van der Waals surface area contributed by atoms with E-state index in [1.807, 2.05) is 6.07 Å². The number of H-pyrrole nitrogens is 1. The molecular formula is C22H27ClFN7O3. The zero-order chi connectivity index (χ0) is 23.9. The van der Waals surface area contributed by atoms with Gasteiger partial charge in [-0.25, -0.2) is 4.39 Å². The number of nitrogens with one attached hydrogen (secondary N) is 4. The SMILES string of the molecule is OCCOCCNc1nc(N[C@@H](CO)c2ccc(F)cc2)nc(Nc2cc(C3CC3)n[nH]2)c1Cl. The van der Waals surface area contributed by atoms with Crippen molar-refractivity contribution in [2.24, 2.45) is 0 Å². The van der Waals surface area contributed by atoms with Crippen LogP contribution in [0.4, 0.5) is 27.8 Å². The number of halogens is 2. The maximum absolute atomic E-state index is 13.3. The van der Waals surface area contributed by atoms with Gasteiger partial charge in [0.05, 0.1) is 38.2 Å². The van der Waals surface area contributed by atoms with Crippen LogP contribution in [-0.2, 0) is 4.74 Å². The second kappa shape index (κ2) is 11.4. The summed E-state index contributed by atoms with van der Waals surface area (Å²) in [5.74, 6) is 1.65. The molecule has 34 heavy (non-hydrogen) atoms. The zero-order valence-corrected chi connectivity index (χ0v) is 19.1. The highest BCUT2D eigenvalue weighted by Crippen LogP contribution is 2.40. The van der Waals surface area contributed by atoms with Gasteiger partial charge < -0.3 is 30.9 Å². The van der Waals surface area contributed by atoms with Crippen LogP contribution in [0.2, 0.25) is 5.02 Å². The third-order valence-corrected chi connectivity index (χ3v) is 5.59. The topological polar surface area (TPSA) is 140 Å². The Kier molecular flexibility index (Phi) is 8.12. The zero-order valence-electron chi connectivity index (χ0n) is 18.4. The molecule has 2 heterocycles. The van der Waals surface area contributed by atoms with Gasteiger partial charge in [0.2, 0.25) is 5.95 Å². The highest BCUT2D eigenvalue weighted by molar-refractivity contribution is 6.35. The van der Waals surface area contributed by atoms with E-state index >= 15 is 0 Å². The summed E-state index contributed by atoms with van der Waals surface area (Å²) in [5.41, 5.74) is 1.66. The summed E-state index contributed by atoms with van der Waals surface area (Å²) in [6.07, 6.45) is 2.26. The lowest BCUT2D eigenvalue weighted by molar-refractivity contribution is 0.0992. The number of aromatic amines is 1. The summed E-state index contributed by atoms with van der Waals surface area (Å²) in [5, 5.41) is 35.6. The van der Waals surface area contributed by atoms with Crippen LogP contribution in [0.3, 0.4) is 0 Å². The highest BCUT2D eigenvalue weighted by atomic mass is 35.5. The first-order chi connectivity index (χ1) is 16.6. The number of hydrogen-bond donors (Lipinski definition) is 6. The minimum atomic E-state index is -0.566. The van der Waals surface area contributed by atoms with Crippen molar-refractivity contribution in [3.8, 4) is 0 Å². The summed E-state index contributed by atoms with van der Waals surface area (Å²) in [4.78, 5) is 8.93. The molecule has 1 atom stereocenters. The van der Waals surface area contributed by atoms with E-state index < -0.39 is 6.04 Å². The van der Waals surface area contributed by atoms with Crippen LogP contribution in [0.1, 0.15) is 36.1 Å². The maximum atomic E-state index is 13.3. The van der Waals surface area contributed by atoms with Crippen molar-refractivity contribution >= 4 is 35.0 Å². The molecule has 0 aliphatic heterocycles. The molecule has 2 aromatic heterocycles. The summed E-state index contributed by atoms with van der Waals surface area (Å²) in [6.45, 7) is 0.649. The molecule has 1 aromatic carbocycles. The fourth-order valence-electron chi connectivity index (χ4n) is 3.32. The average molecular weight is 492 g/mol. The van der Waals surface area contributed by atoms with Crippen molar-refractivity contribution in [3.63, 3.8) is 0 Å². The van der Waals surface area contributed by atoms with Crippen LogP contribution >= 0.6 is 11.6 Å². The van der Waals surface area contributed by atoms with Gasteiger partial charge in [0.25, 0.3) is 0 Å². The highest BCUT2D eigenvalue weighted by Gasteiger charge is 2.26. The van der Waals surface area contributed by atoms with Crippen LogP contribution in [0, 0.1) is 5.82 Å². The van der Waals surface area contributed by atoms with E-state index in [0.29, 0.717) is 42.1 Å². The number of benzene rings is 1. The first-order valence-electron chi connectivity index (χ1n) is 11.0. The van der Waals surface area contributed by atoms with E-state index in [1.165, 1.54) is 12.1 Å². The van der Waals surface area contributed by atoms with Crippen LogP contribution in [-0.4, -0.2) is 63.4 Å². The maximum Gasteiger partial charge on any atom is 0.227 e. The minimum Gasteiger partial charge on any atom is -0.394 e. The Bertz CT molecular complexity index is 1080. The number of anilines is 4. The molecule has 0 unspecified atom stereocenters. The van der Waals surface area contributed by atoms with E-state index in [-0.39, 0.29) is 36.6 Å². The Morgan fingerprint density at radius 3 is 2.62 bits per heavy atom. The molecule has 0 spiro atoms. The third-order valence-electron chi connectivity index (χ3n) is 5.23. The molecule has 182 valence electrons. The normalized spacial score (nSPS) is 14.1. The Morgan fingerprint density at radius 1 is 1.15 bits per heavy atom. The lowest BCUT2D eigenvalue weighted by Crippen LogP contribution is -2.18. The number of aromatic nitrogens is 4. The van der Waals surface area contributed by atoms with Crippen LogP contribution in [0.15, 0.2) is 30.3 Å². The second-order valence-electron chi connectivity index (χ2n) is 7.86. The van der Waals surface area contributed by atoms with Gasteiger partial charge in [-0.15, -0.1) is 0 Å². The predicted octanol–water partition coefficient (Wildman–Crippen LogP) is 3.18. The molecule has 1 aliphatic carbocycles. The Hall–Kier alpha value is -2.99. The molecule has 0 radical (unpaired) electrons. The molecular weight excluding hydrogens is 465 g/mol. The molecule has 1 aliphatic rings. The monoisotopic (exact) mass is 491 g/mol. The first-order valence-corrected chi connectivity index (χ1v) is 11.4. The fourth-order valence-corrected chi connectivity index (χ4v) is 3.52. The van der Waals surface area contributed by atoms with Gasteiger partial charge in [0.15, 0.2) is 11.6 Å². The van der Waals surface area contributed by atoms with Gasteiger partial charge in [0.1, 0.15) is 16.7 Å². The fraction of sp³-hybridized carbons (Fsp3) is 0.409. The Balaban J connectivity index is 1.56. The molecule has 4 rings (SSSR count). The molecule has 0 saturated heterocycles. The molecule has 0 bridgehead atoms. The molecule has 0 amide bonds. The summed E-state index contributed by atoms with van der Waals surface area (Å²) >= 11 is 6.57. The van der Waals surface area contributed by atoms with Gasteiger partial charge in [0, 0.05) is 18.5 Å². The van der Waals surface area contributed by atoms with Crippen molar-refractivity contribution in [2.45, 2.75) is 24.8 Å². The number of ether oxygens (including phenoxy) is 1. The van der Waals surface area contributed by atoms with Crippen molar-refractivity contribution in [3.05, 3.63) is 52.4 Å². The Labute approximate surface area is 200 Å². The van der Waals surface area contributed by atoms with Gasteiger partial charge in [-0.1, -0.05) is 23.7 Å². The van der Waals surface area contributed by atoms with Crippen LogP contribution in [0.5, 0.6) is 0 Å². The smallest absolute Gasteiger partial charge is 0.227 e. The van der Waals surface area contributed by atoms with Crippen molar-refractivity contribution in [1.82, 2.24) is 20.2 Å². The van der Waals surface area contributed by atoms with Crippen molar-refractivity contribution < 1.29 is 19.3 Å². The predicted molar refractivity (Wildman–Crippen MR) is 127 cm³/mol. The minimum absolute atomic E-state index is 0.0602. The van der Waals surface area contributed by atoms with Crippen molar-refractivity contribution in [1.29, 1.82) is 0 Å². The number of aliphatic hydroxyl groups excluding tert-OH is 2. The van der Waals surface area contributed by atoms with Crippen LogP contribution in [0.25, 0.3) is 0 Å². The van der Waals surface area contributed by atoms with Gasteiger partial charge in [-0.05, 0) is 30.5 Å². The summed E-state index contributed by atoms with van der Waals surface area (Å²) < 4.78 is 18.6. The van der Waals surface area contributed by atoms with Crippen molar-refractivity contribution in [2.75, 3.05) is 48.9 Å². The van der Waals surface area contributed by atoms with E-state index in [4.69, 9.17) is 21.4 Å². The standard InChI is InChI=1S/C22H27ClFN7O3/c23-19-20(25-7-9-34-10-8-32)28-22(26-17(12-33)14-3-5-15(24)6-4-14)29-21(19)27-18-11-16(30-31-18)13-1-2-13/h3-6,11,13,17,32-33H,1-2,7-10,12H2,(H4,25,26,27,28,29,30,31)/t17-/m0/s1. The Morgan fingerprint density at radius 2 is 1.91 bits per heavy atom. The van der Waals surface area contributed by atoms with Gasteiger partial charge in [-0.2, -0.15) is 15.1 Å². The first kappa shape index (κ1) is 24.1.